The highest BCUT2D eigenvalue weighted by Gasteiger charge is 2.32. The molecule has 11 heteroatoms. The summed E-state index contributed by atoms with van der Waals surface area (Å²) in [4.78, 5) is 43.4. The largest absolute Gasteiger partial charge is 0.383 e. The molecule has 1 aliphatic heterocycles. The second-order valence-electron chi connectivity index (χ2n) is 9.51. The van der Waals surface area contributed by atoms with Crippen LogP contribution in [0.1, 0.15) is 41.3 Å². The van der Waals surface area contributed by atoms with Crippen molar-refractivity contribution in [2.24, 2.45) is 12.8 Å². The highest BCUT2D eigenvalue weighted by molar-refractivity contribution is 6.11. The molecule has 0 aliphatic carbocycles. The zero-order chi connectivity index (χ0) is 28.1. The van der Waals surface area contributed by atoms with Crippen molar-refractivity contribution in [3.8, 4) is 17.9 Å². The fraction of sp³-hybridized carbons (Fsp3) is 0.429. The van der Waals surface area contributed by atoms with Crippen LogP contribution in [-0.4, -0.2) is 59.0 Å². The Morgan fingerprint density at radius 1 is 1.23 bits per heavy atom. The lowest BCUT2D eigenvalue weighted by atomic mass is 10.1. The third-order valence-corrected chi connectivity index (χ3v) is 6.97. The lowest BCUT2D eigenvalue weighted by Crippen LogP contribution is -2.44. The molecule has 1 aliphatic rings. The molecule has 0 spiro atoms. The molecule has 3 heterocycles. The Morgan fingerprint density at radius 2 is 2.00 bits per heavy atom. The average Bonchev–Trinajstić information content (AvgIpc) is 3.28. The summed E-state index contributed by atoms with van der Waals surface area (Å²) in [6, 6.07) is 8.85. The van der Waals surface area contributed by atoms with Crippen LogP contribution in [0.4, 0.5) is 5.82 Å². The maximum Gasteiger partial charge on any atom is 0.331 e. The molecule has 0 radical (unpaired) electrons. The van der Waals surface area contributed by atoms with E-state index in [0.29, 0.717) is 36.6 Å². The first-order valence-electron chi connectivity index (χ1n) is 12.8. The summed E-state index contributed by atoms with van der Waals surface area (Å²) in [5.74, 6) is 5.99. The van der Waals surface area contributed by atoms with Gasteiger partial charge in [0.25, 0.3) is 11.5 Å². The van der Waals surface area contributed by atoms with E-state index in [4.69, 9.17) is 10.5 Å². The third kappa shape index (κ3) is 5.32. The van der Waals surface area contributed by atoms with E-state index in [1.54, 1.807) is 49.9 Å². The van der Waals surface area contributed by atoms with Crippen LogP contribution in [-0.2, 0) is 24.9 Å². The van der Waals surface area contributed by atoms with E-state index in [9.17, 15) is 19.6 Å². The number of piperidine rings is 1. The number of methoxy groups -OCH3 is 1. The summed E-state index contributed by atoms with van der Waals surface area (Å²) < 4.78 is 9.25. The zero-order valence-electron chi connectivity index (χ0n) is 22.5. The minimum absolute atomic E-state index is 0.0882. The van der Waals surface area contributed by atoms with Gasteiger partial charge >= 0.3 is 5.69 Å². The second kappa shape index (κ2) is 12.0. The van der Waals surface area contributed by atoms with Crippen molar-refractivity contribution in [2.75, 3.05) is 38.3 Å². The predicted molar refractivity (Wildman–Crippen MR) is 149 cm³/mol. The zero-order valence-corrected chi connectivity index (χ0v) is 22.5. The van der Waals surface area contributed by atoms with Crippen molar-refractivity contribution >= 4 is 22.8 Å². The maximum absolute atomic E-state index is 14.1. The number of ether oxygens (including phenoxy) is 1. The number of nitriles is 1. The molecule has 4 rings (SSSR count). The second-order valence-corrected chi connectivity index (χ2v) is 9.51. The molecule has 1 atom stereocenters. The van der Waals surface area contributed by atoms with Gasteiger partial charge in [-0.2, -0.15) is 5.26 Å². The molecular weight excluding hydrogens is 498 g/mol. The van der Waals surface area contributed by atoms with Gasteiger partial charge in [0.05, 0.1) is 36.8 Å². The minimum atomic E-state index is -0.591. The van der Waals surface area contributed by atoms with Crippen LogP contribution in [0.25, 0.3) is 11.0 Å². The molecule has 3 aromatic rings. The van der Waals surface area contributed by atoms with Gasteiger partial charge in [-0.1, -0.05) is 24.1 Å². The maximum atomic E-state index is 14.1. The predicted octanol–water partition coefficient (Wildman–Crippen LogP) is 0.749. The molecule has 1 unspecified atom stereocenters. The van der Waals surface area contributed by atoms with Crippen molar-refractivity contribution in [3.05, 3.63) is 61.8 Å². The van der Waals surface area contributed by atoms with E-state index >= 15 is 0 Å². The molecule has 2 aromatic heterocycles. The van der Waals surface area contributed by atoms with Gasteiger partial charge in [0.15, 0.2) is 0 Å². The quantitative estimate of drug-likeness (QED) is 0.323. The number of aryl methyl sites for hydroxylation is 1. The molecule has 3 N–H and O–H groups in total. The van der Waals surface area contributed by atoms with E-state index in [2.05, 4.69) is 23.2 Å². The highest BCUT2D eigenvalue weighted by atomic mass is 16.5. The van der Waals surface area contributed by atoms with Gasteiger partial charge in [0.2, 0.25) is 0 Å². The standard InChI is InChI=1S/C28H33N7O4/c1-4-5-14-34-24-23(22(25(36)31-12-15-39-3)26(34)33-13-8-11-21(30)18-33)32(2)28(38)35(27(24)37)17-20-10-7-6-9-19(20)16-29/h6-7,9-10,21H,8,11-15,17-18,30H2,1-3H3,(H,31,36). The SMILES string of the molecule is CC#CCn1c(N2CCCC(N)C2)c(C(=O)NCCOC)c2c1c(=O)n(Cc1ccccc1C#N)c(=O)n2C. The normalized spacial score (nSPS) is 15.1. The van der Waals surface area contributed by atoms with Gasteiger partial charge in [0.1, 0.15) is 16.9 Å². The number of nitrogens with two attached hydrogens (primary N) is 1. The summed E-state index contributed by atoms with van der Waals surface area (Å²) in [6.07, 6.45) is 1.67. The molecule has 0 saturated carbocycles. The Kier molecular flexibility index (Phi) is 8.55. The number of fused-ring (bicyclic) bond motifs is 1. The number of nitrogens with zero attached hydrogens (tertiary/aromatic N) is 5. The molecule has 1 saturated heterocycles. The topological polar surface area (TPSA) is 140 Å². The molecule has 1 fully saturated rings. The molecular formula is C28H33N7O4. The van der Waals surface area contributed by atoms with E-state index in [-0.39, 0.29) is 42.3 Å². The highest BCUT2D eigenvalue weighted by Crippen LogP contribution is 2.32. The van der Waals surface area contributed by atoms with Gasteiger partial charge in [-0.05, 0) is 31.4 Å². The van der Waals surface area contributed by atoms with E-state index in [1.807, 2.05) is 4.90 Å². The number of nitrogens with one attached hydrogen (secondary N) is 1. The number of carbonyl (C=O) groups excluding carboxylic acids is 1. The summed E-state index contributed by atoms with van der Waals surface area (Å²) in [7, 11) is 3.09. The van der Waals surface area contributed by atoms with Crippen molar-refractivity contribution < 1.29 is 9.53 Å². The Balaban J connectivity index is 2.05. The number of aromatic nitrogens is 3. The molecule has 39 heavy (non-hydrogen) atoms. The van der Waals surface area contributed by atoms with E-state index in [1.165, 1.54) is 4.57 Å². The smallest absolute Gasteiger partial charge is 0.331 e. The van der Waals surface area contributed by atoms with Crippen LogP contribution in [0.5, 0.6) is 0 Å². The van der Waals surface area contributed by atoms with Gasteiger partial charge in [-0.3, -0.25) is 18.7 Å². The number of rotatable bonds is 8. The Bertz CT molecular complexity index is 1610. The molecule has 1 amide bonds. The molecule has 11 nitrogen and oxygen atoms in total. The van der Waals surface area contributed by atoms with Crippen LogP contribution in [0.15, 0.2) is 33.9 Å². The molecule has 1 aromatic carbocycles. The number of anilines is 1. The number of amides is 1. The summed E-state index contributed by atoms with van der Waals surface area (Å²) in [5, 5.41) is 12.4. The van der Waals surface area contributed by atoms with Gasteiger partial charge in [-0.15, -0.1) is 5.92 Å². The number of carbonyl (C=O) groups is 1. The average molecular weight is 532 g/mol. The molecule has 204 valence electrons. The Hall–Kier alpha value is -4.32. The van der Waals surface area contributed by atoms with Crippen LogP contribution >= 0.6 is 0 Å². The van der Waals surface area contributed by atoms with Crippen molar-refractivity contribution in [2.45, 2.75) is 38.9 Å². The Morgan fingerprint density at radius 3 is 2.69 bits per heavy atom. The van der Waals surface area contributed by atoms with Crippen molar-refractivity contribution in [1.82, 2.24) is 19.0 Å². The number of hydrogen-bond donors (Lipinski definition) is 2. The summed E-state index contributed by atoms with van der Waals surface area (Å²) in [5.41, 5.74) is 6.74. The lowest BCUT2D eigenvalue weighted by Gasteiger charge is -2.33. The monoisotopic (exact) mass is 531 g/mol. The van der Waals surface area contributed by atoms with Crippen LogP contribution in [0.3, 0.4) is 0 Å². The van der Waals surface area contributed by atoms with Crippen molar-refractivity contribution in [1.29, 1.82) is 5.26 Å². The van der Waals surface area contributed by atoms with Crippen LogP contribution in [0.2, 0.25) is 0 Å². The van der Waals surface area contributed by atoms with Gasteiger partial charge in [-0.25, -0.2) is 4.79 Å². The van der Waals surface area contributed by atoms with Crippen molar-refractivity contribution in [3.63, 3.8) is 0 Å². The first kappa shape index (κ1) is 27.7. The van der Waals surface area contributed by atoms with E-state index < -0.39 is 17.2 Å². The lowest BCUT2D eigenvalue weighted by molar-refractivity contribution is 0.0938. The minimum Gasteiger partial charge on any atom is -0.383 e. The summed E-state index contributed by atoms with van der Waals surface area (Å²) >= 11 is 0. The summed E-state index contributed by atoms with van der Waals surface area (Å²) in [6.45, 7) is 3.45. The first-order valence-corrected chi connectivity index (χ1v) is 12.8. The Labute approximate surface area is 226 Å². The fourth-order valence-corrected chi connectivity index (χ4v) is 5.11. The van der Waals surface area contributed by atoms with Crippen LogP contribution < -0.4 is 27.2 Å². The third-order valence-electron chi connectivity index (χ3n) is 6.97. The first-order chi connectivity index (χ1) is 18.8. The number of benzene rings is 1. The van der Waals surface area contributed by atoms with Gasteiger partial charge in [0, 0.05) is 39.8 Å². The van der Waals surface area contributed by atoms with E-state index in [0.717, 1.165) is 17.4 Å². The number of hydrogen-bond acceptors (Lipinski definition) is 7. The molecule has 0 bridgehead atoms. The van der Waals surface area contributed by atoms with Gasteiger partial charge < -0.3 is 25.3 Å². The fourth-order valence-electron chi connectivity index (χ4n) is 5.11. The van der Waals surface area contributed by atoms with Crippen LogP contribution in [0, 0.1) is 23.2 Å².